The molecule has 0 spiro atoms. The fourth-order valence-electron chi connectivity index (χ4n) is 0.288. The molecule has 0 saturated heterocycles. The topological polar surface area (TPSA) is 3.24 Å². The molecule has 0 N–H and O–H groups in total. The SMILES string of the molecule is [B]C(C)N(C)CC. The third-order valence-electron chi connectivity index (χ3n) is 1.19. The summed E-state index contributed by atoms with van der Waals surface area (Å²) in [6.45, 7) is 5.09. The van der Waals surface area contributed by atoms with Crippen molar-refractivity contribution in [3.63, 3.8) is 0 Å². The van der Waals surface area contributed by atoms with Crippen LogP contribution >= 0.6 is 0 Å². The maximum absolute atomic E-state index is 5.47. The minimum atomic E-state index is 0.199. The predicted octanol–water partition coefficient (Wildman–Crippen LogP) is 0.453. The van der Waals surface area contributed by atoms with Crippen molar-refractivity contribution in [2.75, 3.05) is 13.6 Å². The zero-order valence-electron chi connectivity index (χ0n) is 5.31. The van der Waals surface area contributed by atoms with Gasteiger partial charge in [0, 0.05) is 0 Å². The molecule has 1 nitrogen and oxygen atoms in total. The van der Waals surface area contributed by atoms with Crippen molar-refractivity contribution in [2.24, 2.45) is 0 Å². The average molecular weight is 97.0 g/mol. The van der Waals surface area contributed by atoms with Crippen LogP contribution in [-0.4, -0.2) is 32.3 Å². The Hall–Kier alpha value is 0.0249. The van der Waals surface area contributed by atoms with Crippen molar-refractivity contribution in [3.05, 3.63) is 0 Å². The second-order valence-electron chi connectivity index (χ2n) is 1.81. The van der Waals surface area contributed by atoms with Gasteiger partial charge in [0.1, 0.15) is 0 Å². The first-order valence-electron chi connectivity index (χ1n) is 2.64. The van der Waals surface area contributed by atoms with Crippen molar-refractivity contribution in [1.29, 1.82) is 0 Å². The monoisotopic (exact) mass is 97.1 g/mol. The second kappa shape index (κ2) is 3.08. The molecular formula is C5H12BN. The van der Waals surface area contributed by atoms with Gasteiger partial charge in [0.15, 0.2) is 0 Å². The Morgan fingerprint density at radius 2 is 2.14 bits per heavy atom. The van der Waals surface area contributed by atoms with Crippen LogP contribution in [0.25, 0.3) is 0 Å². The summed E-state index contributed by atoms with van der Waals surface area (Å²) < 4.78 is 0. The number of rotatable bonds is 2. The van der Waals surface area contributed by atoms with Crippen LogP contribution in [0.2, 0.25) is 0 Å². The molecule has 0 aromatic heterocycles. The Bertz CT molecular complexity index is 45.3. The molecule has 0 aliphatic heterocycles. The molecule has 0 rings (SSSR count). The smallest absolute Gasteiger partial charge is 0.0906 e. The van der Waals surface area contributed by atoms with Crippen molar-refractivity contribution in [1.82, 2.24) is 4.90 Å². The Balaban J connectivity index is 3.14. The number of nitrogens with zero attached hydrogens (tertiary/aromatic N) is 1. The predicted molar refractivity (Wildman–Crippen MR) is 33.5 cm³/mol. The van der Waals surface area contributed by atoms with Crippen molar-refractivity contribution in [3.8, 4) is 0 Å². The van der Waals surface area contributed by atoms with Gasteiger partial charge >= 0.3 is 0 Å². The Labute approximate surface area is 47.1 Å². The Morgan fingerprint density at radius 3 is 2.14 bits per heavy atom. The van der Waals surface area contributed by atoms with Gasteiger partial charge in [0.25, 0.3) is 0 Å². The number of hydrogen-bond acceptors (Lipinski definition) is 1. The summed E-state index contributed by atoms with van der Waals surface area (Å²) >= 11 is 0. The molecular weight excluding hydrogens is 84.9 g/mol. The van der Waals surface area contributed by atoms with Gasteiger partial charge in [-0.05, 0) is 19.5 Å². The van der Waals surface area contributed by atoms with Crippen LogP contribution in [0, 0.1) is 0 Å². The molecule has 0 aliphatic rings. The summed E-state index contributed by atoms with van der Waals surface area (Å²) in [6.07, 6.45) is 0. The Morgan fingerprint density at radius 1 is 1.71 bits per heavy atom. The third kappa shape index (κ3) is 2.69. The second-order valence-corrected chi connectivity index (χ2v) is 1.81. The summed E-state index contributed by atoms with van der Waals surface area (Å²) in [4.78, 5) is 2.07. The van der Waals surface area contributed by atoms with Gasteiger partial charge in [-0.1, -0.05) is 13.8 Å². The summed E-state index contributed by atoms with van der Waals surface area (Å²) in [6, 6.07) is 0. The molecule has 7 heavy (non-hydrogen) atoms. The molecule has 0 aliphatic carbocycles. The highest BCUT2D eigenvalue weighted by molar-refractivity contribution is 6.11. The van der Waals surface area contributed by atoms with E-state index >= 15 is 0 Å². The quantitative estimate of drug-likeness (QED) is 0.452. The highest BCUT2D eigenvalue weighted by atomic mass is 15.1. The van der Waals surface area contributed by atoms with E-state index < -0.39 is 0 Å². The molecule has 0 fully saturated rings. The van der Waals surface area contributed by atoms with E-state index in [9.17, 15) is 0 Å². The summed E-state index contributed by atoms with van der Waals surface area (Å²) in [5.41, 5.74) is 0. The molecule has 2 heteroatoms. The molecule has 2 radical (unpaired) electrons. The van der Waals surface area contributed by atoms with Crippen LogP contribution in [-0.2, 0) is 0 Å². The van der Waals surface area contributed by atoms with Gasteiger partial charge in [0.05, 0.1) is 7.85 Å². The first-order chi connectivity index (χ1) is 3.18. The highest BCUT2D eigenvalue weighted by Gasteiger charge is 1.95. The van der Waals surface area contributed by atoms with E-state index in [0.29, 0.717) is 0 Å². The van der Waals surface area contributed by atoms with Crippen molar-refractivity contribution >= 4 is 7.85 Å². The van der Waals surface area contributed by atoms with E-state index in [1.165, 1.54) is 0 Å². The van der Waals surface area contributed by atoms with Gasteiger partial charge in [-0.2, -0.15) is 0 Å². The van der Waals surface area contributed by atoms with E-state index in [0.717, 1.165) is 6.54 Å². The van der Waals surface area contributed by atoms with Crippen LogP contribution in [0.4, 0.5) is 0 Å². The van der Waals surface area contributed by atoms with E-state index in [2.05, 4.69) is 11.8 Å². The molecule has 0 saturated carbocycles. The molecule has 0 aromatic carbocycles. The molecule has 1 unspecified atom stereocenters. The third-order valence-corrected chi connectivity index (χ3v) is 1.19. The largest absolute Gasteiger partial charge is 0.313 e. The zero-order valence-corrected chi connectivity index (χ0v) is 5.31. The van der Waals surface area contributed by atoms with Crippen LogP contribution in [0.15, 0.2) is 0 Å². The normalized spacial score (nSPS) is 14.9. The lowest BCUT2D eigenvalue weighted by Gasteiger charge is -2.18. The van der Waals surface area contributed by atoms with Gasteiger partial charge < -0.3 is 4.90 Å². The van der Waals surface area contributed by atoms with Crippen molar-refractivity contribution < 1.29 is 0 Å². The molecule has 0 heterocycles. The summed E-state index contributed by atoms with van der Waals surface area (Å²) in [7, 11) is 7.48. The average Bonchev–Trinajstić information content (AvgIpc) is 1.65. The van der Waals surface area contributed by atoms with Gasteiger partial charge in [-0.25, -0.2) is 0 Å². The van der Waals surface area contributed by atoms with Crippen LogP contribution in [0.3, 0.4) is 0 Å². The fraction of sp³-hybridized carbons (Fsp3) is 1.00. The molecule has 0 amide bonds. The summed E-state index contributed by atoms with van der Waals surface area (Å²) in [5, 5.41) is 0. The molecule has 40 valence electrons. The highest BCUT2D eigenvalue weighted by Crippen LogP contribution is 1.85. The maximum Gasteiger partial charge on any atom is 0.0906 e. The lowest BCUT2D eigenvalue weighted by molar-refractivity contribution is 0.340. The zero-order chi connectivity index (χ0) is 5.86. The molecule has 1 atom stereocenters. The van der Waals surface area contributed by atoms with Crippen LogP contribution < -0.4 is 0 Å². The van der Waals surface area contributed by atoms with Crippen LogP contribution in [0.5, 0.6) is 0 Å². The lowest BCUT2D eigenvalue weighted by atomic mass is 9.98. The summed E-state index contributed by atoms with van der Waals surface area (Å²) in [5.74, 6) is 0.199. The molecule has 0 bridgehead atoms. The molecule has 0 aromatic rings. The minimum absolute atomic E-state index is 0.199. The number of hydrogen-bond donors (Lipinski definition) is 0. The van der Waals surface area contributed by atoms with Gasteiger partial charge in [0.2, 0.25) is 0 Å². The van der Waals surface area contributed by atoms with Gasteiger partial charge in [-0.3, -0.25) is 0 Å². The van der Waals surface area contributed by atoms with E-state index in [1.807, 2.05) is 14.0 Å². The Kier molecular flexibility index (Phi) is 3.09. The van der Waals surface area contributed by atoms with Crippen molar-refractivity contribution in [2.45, 2.75) is 19.8 Å². The first kappa shape index (κ1) is 7.02. The lowest BCUT2D eigenvalue weighted by Crippen LogP contribution is -2.28. The first-order valence-corrected chi connectivity index (χ1v) is 2.64. The minimum Gasteiger partial charge on any atom is -0.313 e. The van der Waals surface area contributed by atoms with Gasteiger partial charge in [-0.15, -0.1) is 0 Å². The van der Waals surface area contributed by atoms with E-state index in [-0.39, 0.29) is 5.94 Å². The fourth-order valence-corrected chi connectivity index (χ4v) is 0.288. The van der Waals surface area contributed by atoms with Crippen LogP contribution in [0.1, 0.15) is 13.8 Å². The van der Waals surface area contributed by atoms with E-state index in [4.69, 9.17) is 7.85 Å². The standard InChI is InChI=1S/C5H12BN/c1-4-7(3)5(2)6/h5H,4H2,1-3H3. The maximum atomic E-state index is 5.47. The van der Waals surface area contributed by atoms with E-state index in [1.54, 1.807) is 0 Å².